The molecule has 0 aliphatic heterocycles. The van der Waals surface area contributed by atoms with E-state index in [9.17, 15) is 24.5 Å². The van der Waals surface area contributed by atoms with Crippen LogP contribution in [0, 0.1) is 10.1 Å². The van der Waals surface area contributed by atoms with Gasteiger partial charge in [0.2, 0.25) is 5.69 Å². The van der Waals surface area contributed by atoms with Gasteiger partial charge in [0.15, 0.2) is 0 Å². The monoisotopic (exact) mass is 518 g/mol. The summed E-state index contributed by atoms with van der Waals surface area (Å²) in [7, 11) is 0. The number of carboxylic acids is 1. The van der Waals surface area contributed by atoms with Crippen LogP contribution in [0.3, 0.4) is 0 Å². The van der Waals surface area contributed by atoms with E-state index in [1.54, 1.807) is 0 Å². The largest absolute Gasteiger partial charge is 0.476 e. The summed E-state index contributed by atoms with van der Waals surface area (Å²) < 4.78 is 5.09. The van der Waals surface area contributed by atoms with Gasteiger partial charge in [0.1, 0.15) is 12.4 Å². The number of benzene rings is 2. The van der Waals surface area contributed by atoms with Crippen molar-refractivity contribution in [3.05, 3.63) is 78.4 Å². The first kappa shape index (κ1) is 23.7. The first-order valence-electron chi connectivity index (χ1n) is 9.51. The predicted octanol–water partition coefficient (Wildman–Crippen LogP) is 3.98. The summed E-state index contributed by atoms with van der Waals surface area (Å²) >= 11 is 11.7. The molecule has 0 spiro atoms. The second-order valence-corrected chi connectivity index (χ2v) is 7.75. The van der Waals surface area contributed by atoms with Gasteiger partial charge in [-0.1, -0.05) is 23.2 Å². The number of rotatable bonds is 6. The molecule has 0 unspecified atom stereocenters. The Bertz CT molecular complexity index is 1570. The molecule has 13 nitrogen and oxygen atoms in total. The fourth-order valence-electron chi connectivity index (χ4n) is 3.05. The molecule has 0 fully saturated rings. The Labute approximate surface area is 203 Å². The molecule has 178 valence electrons. The number of aromatic nitrogens is 4. The first-order valence-corrected chi connectivity index (χ1v) is 10.3. The molecular weight excluding hydrogens is 507 g/mol. The quantitative estimate of drug-likeness (QED) is 0.215. The van der Waals surface area contributed by atoms with Crippen LogP contribution in [0.15, 0.2) is 41.3 Å². The fourth-order valence-corrected chi connectivity index (χ4v) is 3.34. The maximum Gasteiger partial charge on any atom is 0.412 e. The zero-order valence-electron chi connectivity index (χ0n) is 17.2. The highest BCUT2D eigenvalue weighted by Crippen LogP contribution is 2.31. The molecule has 0 aliphatic rings. The minimum atomic E-state index is -1.55. The lowest BCUT2D eigenvalue weighted by Gasteiger charge is -2.06. The van der Waals surface area contributed by atoms with Gasteiger partial charge in [-0.3, -0.25) is 20.2 Å². The minimum Gasteiger partial charge on any atom is -0.476 e. The van der Waals surface area contributed by atoms with Crippen LogP contribution in [0.2, 0.25) is 10.0 Å². The van der Waals surface area contributed by atoms with E-state index >= 15 is 0 Å². The normalized spacial score (nSPS) is 10.8. The highest BCUT2D eigenvalue weighted by Gasteiger charge is 2.22. The molecule has 35 heavy (non-hydrogen) atoms. The maximum absolute atomic E-state index is 12.0. The Kier molecular flexibility index (Phi) is 6.36. The average molecular weight is 519 g/mol. The smallest absolute Gasteiger partial charge is 0.412 e. The maximum atomic E-state index is 12.0. The first-order chi connectivity index (χ1) is 16.6. The molecule has 15 heteroatoms. The molecule has 2 heterocycles. The molecule has 0 saturated carbocycles. The standard InChI is InChI=1S/C20H12Cl2N6O7/c21-11-2-1-8(3-12(11)22)25-20(32)35-7-9-6-23-17(24-9)10-4-13-14(5-15(10)28(33)34)27-18(29)16(26-13)19(30)31/h1-6H,7H2,(H,23,24)(H,25,32)(H,27,29)(H,30,31). The van der Waals surface area contributed by atoms with Crippen molar-refractivity contribution in [3.8, 4) is 11.4 Å². The van der Waals surface area contributed by atoms with E-state index in [-0.39, 0.29) is 39.7 Å². The molecule has 0 aliphatic carbocycles. The lowest BCUT2D eigenvalue weighted by Crippen LogP contribution is -2.19. The molecular formula is C20H12Cl2N6O7. The van der Waals surface area contributed by atoms with E-state index < -0.39 is 33.9 Å². The number of amides is 1. The minimum absolute atomic E-state index is 0.00203. The van der Waals surface area contributed by atoms with Crippen molar-refractivity contribution in [2.45, 2.75) is 6.61 Å². The number of nitrogens with zero attached hydrogens (tertiary/aromatic N) is 3. The van der Waals surface area contributed by atoms with Gasteiger partial charge in [0, 0.05) is 18.0 Å². The van der Waals surface area contributed by atoms with Crippen LogP contribution in [-0.2, 0) is 11.3 Å². The summed E-state index contributed by atoms with van der Waals surface area (Å²) in [6.45, 7) is -0.278. The third kappa shape index (κ3) is 5.05. The zero-order valence-corrected chi connectivity index (χ0v) is 18.7. The molecule has 0 atom stereocenters. The number of imidazole rings is 1. The third-order valence-corrected chi connectivity index (χ3v) is 5.35. The number of anilines is 1. The van der Waals surface area contributed by atoms with Crippen molar-refractivity contribution in [1.82, 2.24) is 19.9 Å². The number of fused-ring (bicyclic) bond motifs is 1. The van der Waals surface area contributed by atoms with Gasteiger partial charge < -0.3 is 19.8 Å². The van der Waals surface area contributed by atoms with Crippen molar-refractivity contribution < 1.29 is 24.4 Å². The Morgan fingerprint density at radius 1 is 1.17 bits per heavy atom. The van der Waals surface area contributed by atoms with Gasteiger partial charge in [-0.05, 0) is 24.3 Å². The lowest BCUT2D eigenvalue weighted by atomic mass is 10.1. The number of hydrogen-bond acceptors (Lipinski definition) is 8. The molecule has 0 radical (unpaired) electrons. The summed E-state index contributed by atoms with van der Waals surface area (Å²) in [4.78, 5) is 59.0. The van der Waals surface area contributed by atoms with E-state index in [4.69, 9.17) is 33.0 Å². The van der Waals surface area contributed by atoms with Crippen molar-refractivity contribution >= 4 is 57.7 Å². The second kappa shape index (κ2) is 9.40. The fraction of sp³-hybridized carbons (Fsp3) is 0.0500. The summed E-state index contributed by atoms with van der Waals surface area (Å²) in [6.07, 6.45) is 0.567. The van der Waals surface area contributed by atoms with E-state index in [0.717, 1.165) is 6.07 Å². The number of nitro groups is 1. The Hall–Kier alpha value is -4.49. The Balaban J connectivity index is 1.57. The van der Waals surface area contributed by atoms with Gasteiger partial charge in [0.05, 0.1) is 37.3 Å². The predicted molar refractivity (Wildman–Crippen MR) is 124 cm³/mol. The number of aromatic amines is 2. The van der Waals surface area contributed by atoms with Crippen molar-refractivity contribution in [3.63, 3.8) is 0 Å². The van der Waals surface area contributed by atoms with Gasteiger partial charge in [0.25, 0.3) is 11.2 Å². The number of carbonyl (C=O) groups excluding carboxylic acids is 1. The molecule has 2 aromatic heterocycles. The number of H-pyrrole nitrogens is 2. The number of aromatic carboxylic acids is 1. The second-order valence-electron chi connectivity index (χ2n) is 6.93. The van der Waals surface area contributed by atoms with Crippen molar-refractivity contribution in [1.29, 1.82) is 0 Å². The van der Waals surface area contributed by atoms with E-state index in [1.165, 1.54) is 30.5 Å². The van der Waals surface area contributed by atoms with Gasteiger partial charge in [-0.15, -0.1) is 0 Å². The van der Waals surface area contributed by atoms with Crippen LogP contribution >= 0.6 is 23.2 Å². The molecule has 4 rings (SSSR count). The zero-order chi connectivity index (χ0) is 25.3. The third-order valence-electron chi connectivity index (χ3n) is 4.61. The van der Waals surface area contributed by atoms with Crippen LogP contribution in [-0.4, -0.2) is 42.0 Å². The van der Waals surface area contributed by atoms with E-state index in [1.807, 2.05) is 0 Å². The summed E-state index contributed by atoms with van der Waals surface area (Å²) in [5.74, 6) is -1.52. The number of ether oxygens (including phenoxy) is 1. The number of nitrogens with one attached hydrogen (secondary N) is 3. The van der Waals surface area contributed by atoms with Gasteiger partial charge >= 0.3 is 12.1 Å². The van der Waals surface area contributed by atoms with E-state index in [0.29, 0.717) is 10.7 Å². The lowest BCUT2D eigenvalue weighted by molar-refractivity contribution is -0.384. The number of nitro benzene ring substituents is 1. The molecule has 1 amide bonds. The summed E-state index contributed by atoms with van der Waals surface area (Å²) in [5, 5.41) is 23.7. The van der Waals surface area contributed by atoms with Gasteiger partial charge in [-0.25, -0.2) is 19.6 Å². The average Bonchev–Trinajstić information content (AvgIpc) is 3.27. The topological polar surface area (TPSA) is 193 Å². The highest BCUT2D eigenvalue weighted by molar-refractivity contribution is 6.42. The molecule has 4 aromatic rings. The SMILES string of the molecule is O=C(Nc1ccc(Cl)c(Cl)c1)OCc1c[nH]c(-c2cc3nc(C(=O)O)c(=O)[nH]c3cc2[N+](=O)[O-])n1. The van der Waals surface area contributed by atoms with Crippen molar-refractivity contribution in [2.24, 2.45) is 0 Å². The number of carboxylic acid groups (broad SMARTS) is 1. The number of carbonyl (C=O) groups is 2. The van der Waals surface area contributed by atoms with Crippen LogP contribution in [0.25, 0.3) is 22.4 Å². The van der Waals surface area contributed by atoms with Crippen LogP contribution in [0.1, 0.15) is 16.2 Å². The van der Waals surface area contributed by atoms with Crippen LogP contribution < -0.4 is 10.9 Å². The highest BCUT2D eigenvalue weighted by atomic mass is 35.5. The summed E-state index contributed by atoms with van der Waals surface area (Å²) in [6, 6.07) is 6.73. The van der Waals surface area contributed by atoms with Crippen molar-refractivity contribution in [2.75, 3.05) is 5.32 Å². The molecule has 0 saturated heterocycles. The van der Waals surface area contributed by atoms with Gasteiger partial charge in [-0.2, -0.15) is 0 Å². The van der Waals surface area contributed by atoms with Crippen LogP contribution in [0.4, 0.5) is 16.2 Å². The Morgan fingerprint density at radius 3 is 2.63 bits per heavy atom. The number of hydrogen-bond donors (Lipinski definition) is 4. The molecule has 4 N–H and O–H groups in total. The summed E-state index contributed by atoms with van der Waals surface area (Å²) in [5.41, 5.74) is -1.64. The van der Waals surface area contributed by atoms with Crippen LogP contribution in [0.5, 0.6) is 0 Å². The molecule has 2 aromatic carbocycles. The Morgan fingerprint density at radius 2 is 1.94 bits per heavy atom. The van der Waals surface area contributed by atoms with E-state index in [2.05, 4.69) is 25.3 Å². The number of halogens is 2. The molecule has 0 bridgehead atoms.